The van der Waals surface area contributed by atoms with Gasteiger partial charge in [-0.1, -0.05) is 24.3 Å². The number of carbonyl (C=O) groups excluding carboxylic acids is 1. The van der Waals surface area contributed by atoms with Crippen LogP contribution in [0.5, 0.6) is 0 Å². The third-order valence-corrected chi connectivity index (χ3v) is 4.85. The fourth-order valence-corrected chi connectivity index (χ4v) is 3.12. The van der Waals surface area contributed by atoms with Gasteiger partial charge in [0.15, 0.2) is 5.96 Å². The van der Waals surface area contributed by atoms with Crippen molar-refractivity contribution in [3.05, 3.63) is 66.1 Å². The van der Waals surface area contributed by atoms with Crippen LogP contribution < -0.4 is 10.6 Å². The summed E-state index contributed by atoms with van der Waals surface area (Å²) >= 11 is 0. The zero-order valence-corrected chi connectivity index (χ0v) is 17.0. The van der Waals surface area contributed by atoms with Crippen molar-refractivity contribution < 1.29 is 4.79 Å². The Balaban J connectivity index is 1.39. The molecule has 0 aliphatic carbocycles. The monoisotopic (exact) mass is 392 g/mol. The molecule has 7 nitrogen and oxygen atoms in total. The highest BCUT2D eigenvalue weighted by Crippen LogP contribution is 2.17. The first kappa shape index (κ1) is 20.4. The lowest BCUT2D eigenvalue weighted by molar-refractivity contribution is -0.128. The number of nitrogens with zero attached hydrogens (tertiary/aromatic N) is 3. The average molecular weight is 393 g/mol. The number of guanidine groups is 1. The van der Waals surface area contributed by atoms with Gasteiger partial charge in [0, 0.05) is 62.6 Å². The smallest absolute Gasteiger partial charge is 0.241 e. The van der Waals surface area contributed by atoms with Crippen LogP contribution in [0.2, 0.25) is 0 Å². The number of H-pyrrole nitrogens is 1. The molecule has 29 heavy (non-hydrogen) atoms. The van der Waals surface area contributed by atoms with E-state index in [9.17, 15) is 4.79 Å². The molecule has 7 heteroatoms. The molecule has 3 rings (SSSR count). The summed E-state index contributed by atoms with van der Waals surface area (Å²) in [4.78, 5) is 25.8. The van der Waals surface area contributed by atoms with E-state index in [1.165, 1.54) is 10.9 Å². The van der Waals surface area contributed by atoms with Crippen molar-refractivity contribution in [2.75, 3.05) is 33.7 Å². The molecule has 0 saturated heterocycles. The minimum atomic E-state index is 0.0144. The summed E-state index contributed by atoms with van der Waals surface area (Å²) in [5.74, 6) is 0.636. The number of fused-ring (bicyclic) bond motifs is 1. The number of rotatable bonds is 8. The van der Waals surface area contributed by atoms with Gasteiger partial charge in [-0.2, -0.15) is 0 Å². The first-order valence-corrected chi connectivity index (χ1v) is 9.80. The molecule has 0 bridgehead atoms. The van der Waals surface area contributed by atoms with E-state index in [1.54, 1.807) is 25.2 Å². The number of carbonyl (C=O) groups is 1. The Labute approximate surface area is 171 Å². The highest BCUT2D eigenvalue weighted by Gasteiger charge is 2.10. The van der Waals surface area contributed by atoms with E-state index in [-0.39, 0.29) is 12.5 Å². The van der Waals surface area contributed by atoms with Crippen LogP contribution in [-0.2, 0) is 17.6 Å². The van der Waals surface area contributed by atoms with Crippen LogP contribution in [0, 0.1) is 0 Å². The maximum atomic E-state index is 12.3. The maximum absolute atomic E-state index is 12.3. The lowest BCUT2D eigenvalue weighted by atomic mass is 10.1. The molecule has 3 N–H and O–H groups in total. The molecule has 1 aromatic carbocycles. The third-order valence-electron chi connectivity index (χ3n) is 4.85. The van der Waals surface area contributed by atoms with Gasteiger partial charge in [-0.05, 0) is 30.2 Å². The summed E-state index contributed by atoms with van der Waals surface area (Å²) in [5, 5.41) is 7.60. The Hall–Kier alpha value is -3.35. The van der Waals surface area contributed by atoms with Gasteiger partial charge < -0.3 is 20.5 Å². The van der Waals surface area contributed by atoms with Crippen LogP contribution in [0.15, 0.2) is 59.9 Å². The number of benzene rings is 1. The number of likely N-dealkylation sites (N-methyl/N-ethyl adjacent to an activating group) is 1. The fourth-order valence-electron chi connectivity index (χ4n) is 3.12. The Morgan fingerprint density at radius 1 is 1.14 bits per heavy atom. The standard InChI is InChI=1S/C22H28N6O/c1-23-22(25-13-10-17-15-26-20-9-4-3-8-19(17)20)27-16-21(29)28(2)14-11-18-7-5-6-12-24-18/h3-9,12,15,26H,10-11,13-14,16H2,1-2H3,(H2,23,25,27). The van der Waals surface area contributed by atoms with Crippen LogP contribution >= 0.6 is 0 Å². The highest BCUT2D eigenvalue weighted by molar-refractivity contribution is 5.86. The van der Waals surface area contributed by atoms with Crippen LogP contribution in [-0.4, -0.2) is 60.5 Å². The number of hydrogen-bond donors (Lipinski definition) is 3. The largest absolute Gasteiger partial charge is 0.361 e. The lowest BCUT2D eigenvalue weighted by Gasteiger charge is -2.18. The summed E-state index contributed by atoms with van der Waals surface area (Å²) in [7, 11) is 3.51. The molecule has 0 aliphatic heterocycles. The van der Waals surface area contributed by atoms with Crippen molar-refractivity contribution in [3.8, 4) is 0 Å². The van der Waals surface area contributed by atoms with Crippen molar-refractivity contribution in [3.63, 3.8) is 0 Å². The summed E-state index contributed by atoms with van der Waals surface area (Å²) < 4.78 is 0. The van der Waals surface area contributed by atoms with Gasteiger partial charge in [-0.15, -0.1) is 0 Å². The molecule has 0 atom stereocenters. The highest BCUT2D eigenvalue weighted by atomic mass is 16.2. The molecule has 0 spiro atoms. The van der Waals surface area contributed by atoms with Crippen molar-refractivity contribution in [2.45, 2.75) is 12.8 Å². The quantitative estimate of drug-likeness (QED) is 0.404. The number of hydrogen-bond acceptors (Lipinski definition) is 3. The van der Waals surface area contributed by atoms with E-state index in [1.807, 2.05) is 36.5 Å². The van der Waals surface area contributed by atoms with Gasteiger partial charge in [0.2, 0.25) is 5.91 Å². The van der Waals surface area contributed by atoms with Crippen LogP contribution in [0.1, 0.15) is 11.3 Å². The minimum Gasteiger partial charge on any atom is -0.361 e. The molecule has 2 aromatic heterocycles. The van der Waals surface area contributed by atoms with E-state index >= 15 is 0 Å². The van der Waals surface area contributed by atoms with Crippen LogP contribution in [0.25, 0.3) is 10.9 Å². The van der Waals surface area contributed by atoms with Crippen LogP contribution in [0.4, 0.5) is 0 Å². The molecule has 0 aliphatic rings. The fraction of sp³-hybridized carbons (Fsp3) is 0.318. The van der Waals surface area contributed by atoms with Gasteiger partial charge in [0.05, 0.1) is 6.54 Å². The van der Waals surface area contributed by atoms with Crippen molar-refractivity contribution in [1.29, 1.82) is 0 Å². The van der Waals surface area contributed by atoms with E-state index in [4.69, 9.17) is 0 Å². The second-order valence-corrected chi connectivity index (χ2v) is 6.85. The molecule has 1 amide bonds. The minimum absolute atomic E-state index is 0.0144. The Kier molecular flexibility index (Phi) is 7.22. The number of nitrogens with one attached hydrogen (secondary N) is 3. The molecular weight excluding hydrogens is 364 g/mol. The van der Waals surface area contributed by atoms with Crippen molar-refractivity contribution >= 4 is 22.8 Å². The van der Waals surface area contributed by atoms with Gasteiger partial charge in [-0.3, -0.25) is 14.8 Å². The van der Waals surface area contributed by atoms with E-state index in [0.717, 1.165) is 30.6 Å². The predicted octanol–water partition coefficient (Wildman–Crippen LogP) is 1.97. The topological polar surface area (TPSA) is 85.4 Å². The average Bonchev–Trinajstić information content (AvgIpc) is 3.18. The second-order valence-electron chi connectivity index (χ2n) is 6.85. The normalized spacial score (nSPS) is 11.4. The molecule has 0 saturated carbocycles. The number of para-hydroxylation sites is 1. The number of aromatic amines is 1. The van der Waals surface area contributed by atoms with Gasteiger partial charge in [-0.25, -0.2) is 0 Å². The lowest BCUT2D eigenvalue weighted by Crippen LogP contribution is -2.44. The molecule has 152 valence electrons. The molecular formula is C22H28N6O. The van der Waals surface area contributed by atoms with Crippen LogP contribution in [0.3, 0.4) is 0 Å². The number of aliphatic imine (C=N–C) groups is 1. The van der Waals surface area contributed by atoms with Gasteiger partial charge in [0.25, 0.3) is 0 Å². The summed E-state index contributed by atoms with van der Waals surface area (Å²) in [5.41, 5.74) is 3.38. The zero-order chi connectivity index (χ0) is 20.5. The van der Waals surface area contributed by atoms with E-state index < -0.39 is 0 Å². The first-order valence-electron chi connectivity index (χ1n) is 9.80. The summed E-state index contributed by atoms with van der Waals surface area (Å²) in [6.45, 7) is 1.56. The Bertz CT molecular complexity index is 950. The first-order chi connectivity index (χ1) is 14.2. The maximum Gasteiger partial charge on any atom is 0.241 e. The SMILES string of the molecule is CN=C(NCCc1c[nH]c2ccccc12)NCC(=O)N(C)CCc1ccccn1. The number of amides is 1. The van der Waals surface area contributed by atoms with Crippen molar-refractivity contribution in [2.24, 2.45) is 4.99 Å². The number of aromatic nitrogens is 2. The van der Waals surface area contributed by atoms with Gasteiger partial charge in [0.1, 0.15) is 0 Å². The zero-order valence-electron chi connectivity index (χ0n) is 17.0. The second kappa shape index (κ2) is 10.3. The summed E-state index contributed by atoms with van der Waals surface area (Å²) in [6, 6.07) is 14.1. The Morgan fingerprint density at radius 2 is 1.97 bits per heavy atom. The third kappa shape index (κ3) is 5.81. The summed E-state index contributed by atoms with van der Waals surface area (Å²) in [6.07, 6.45) is 5.41. The van der Waals surface area contributed by atoms with Gasteiger partial charge >= 0.3 is 0 Å². The Morgan fingerprint density at radius 3 is 2.76 bits per heavy atom. The molecule has 0 unspecified atom stereocenters. The molecule has 3 aromatic rings. The van der Waals surface area contributed by atoms with Crippen molar-refractivity contribution in [1.82, 2.24) is 25.5 Å². The number of pyridine rings is 1. The molecule has 2 heterocycles. The van der Waals surface area contributed by atoms with E-state index in [0.29, 0.717) is 12.5 Å². The predicted molar refractivity (Wildman–Crippen MR) is 117 cm³/mol. The molecule has 0 radical (unpaired) electrons. The molecule has 0 fully saturated rings. The van der Waals surface area contributed by atoms with E-state index in [2.05, 4.69) is 37.7 Å².